The maximum absolute atomic E-state index is 10.4. The first kappa shape index (κ1) is 18.4. The van der Waals surface area contributed by atoms with Crippen molar-refractivity contribution < 1.29 is 10.2 Å². The Hall–Kier alpha value is -1.97. The van der Waals surface area contributed by atoms with Crippen LogP contribution in [-0.2, 0) is 0 Å². The maximum Gasteiger partial charge on any atom is 0.137 e. The molecule has 1 aromatic heterocycles. The van der Waals surface area contributed by atoms with Crippen molar-refractivity contribution in [2.45, 2.75) is 0 Å². The molecule has 0 spiro atoms. The van der Waals surface area contributed by atoms with Gasteiger partial charge in [0.1, 0.15) is 16.5 Å². The lowest BCUT2D eigenvalue weighted by molar-refractivity contribution is 0.470. The van der Waals surface area contributed by atoms with E-state index in [1.54, 1.807) is 18.3 Å². The topological polar surface area (TPSA) is 65.7 Å². The summed E-state index contributed by atoms with van der Waals surface area (Å²) in [5.74, 6) is 0.301. The number of para-hydroxylation sites is 1. The van der Waals surface area contributed by atoms with E-state index in [0.717, 1.165) is 23.3 Å². The lowest BCUT2D eigenvalue weighted by atomic mass is 10.2. The van der Waals surface area contributed by atoms with Crippen molar-refractivity contribution in [1.29, 1.82) is 0 Å². The number of hydrogen-bond acceptors (Lipinski definition) is 5. The van der Waals surface area contributed by atoms with Crippen molar-refractivity contribution in [1.82, 2.24) is 4.98 Å². The van der Waals surface area contributed by atoms with Gasteiger partial charge in [0.25, 0.3) is 0 Å². The highest BCUT2D eigenvalue weighted by atomic mass is 127. The number of phenols is 2. The van der Waals surface area contributed by atoms with Crippen LogP contribution in [0.3, 0.4) is 0 Å². The molecular formula is C20H12BrIN2O2S. The second-order valence-corrected chi connectivity index (χ2v) is 8.88. The van der Waals surface area contributed by atoms with Crippen LogP contribution in [0.1, 0.15) is 5.56 Å². The van der Waals surface area contributed by atoms with Crippen molar-refractivity contribution in [3.05, 3.63) is 68.2 Å². The number of aliphatic imine (C=N–C) groups is 1. The summed E-state index contributed by atoms with van der Waals surface area (Å²) in [5, 5.41) is 21.4. The molecule has 0 radical (unpaired) electrons. The number of benzene rings is 3. The Morgan fingerprint density at radius 3 is 2.67 bits per heavy atom. The Morgan fingerprint density at radius 2 is 1.89 bits per heavy atom. The summed E-state index contributed by atoms with van der Waals surface area (Å²) in [7, 11) is 0. The van der Waals surface area contributed by atoms with Crippen LogP contribution in [0.2, 0.25) is 0 Å². The molecule has 0 aliphatic rings. The molecular weight excluding hydrogens is 539 g/mol. The SMILES string of the molecule is Oc1cc(N=Cc2cc(Br)cc(I)c2O)ccc1-c1nc2ccccc2s1. The molecule has 4 rings (SSSR count). The maximum atomic E-state index is 10.4. The van der Waals surface area contributed by atoms with Crippen LogP contribution in [0, 0.1) is 3.57 Å². The Labute approximate surface area is 181 Å². The standard InChI is InChI=1S/C20H12BrIN2O2S/c21-12-7-11(19(26)15(22)8-12)10-23-13-5-6-14(17(25)9-13)20-24-16-3-1-2-4-18(16)27-20/h1-10,25-26H. The Balaban J connectivity index is 1.66. The summed E-state index contributed by atoms with van der Waals surface area (Å²) in [6.07, 6.45) is 1.58. The van der Waals surface area contributed by atoms with Gasteiger partial charge in [-0.2, -0.15) is 0 Å². The molecule has 0 aliphatic heterocycles. The largest absolute Gasteiger partial charge is 0.507 e. The minimum atomic E-state index is 0.122. The van der Waals surface area contributed by atoms with Crippen LogP contribution in [0.25, 0.3) is 20.8 Å². The average Bonchev–Trinajstić information content (AvgIpc) is 3.07. The summed E-state index contributed by atoms with van der Waals surface area (Å²) >= 11 is 7.01. The molecule has 0 atom stereocenters. The number of aromatic hydroxyl groups is 2. The molecule has 0 aliphatic carbocycles. The monoisotopic (exact) mass is 550 g/mol. The molecule has 0 amide bonds. The highest BCUT2D eigenvalue weighted by Crippen LogP contribution is 2.37. The van der Waals surface area contributed by atoms with Gasteiger partial charge in [0, 0.05) is 22.3 Å². The fourth-order valence-corrected chi connectivity index (χ4v) is 5.15. The van der Waals surface area contributed by atoms with E-state index in [1.807, 2.05) is 42.5 Å². The number of phenolic OH excluding ortho intramolecular Hbond substituents is 2. The molecule has 0 fully saturated rings. The van der Waals surface area contributed by atoms with E-state index in [9.17, 15) is 10.2 Å². The van der Waals surface area contributed by atoms with E-state index in [2.05, 4.69) is 48.5 Å². The van der Waals surface area contributed by atoms with Gasteiger partial charge in [-0.15, -0.1) is 11.3 Å². The summed E-state index contributed by atoms with van der Waals surface area (Å²) in [6.45, 7) is 0. The molecule has 1 heterocycles. The molecule has 0 bridgehead atoms. The molecule has 0 saturated heterocycles. The van der Waals surface area contributed by atoms with Crippen molar-refractivity contribution in [2.24, 2.45) is 4.99 Å². The Morgan fingerprint density at radius 1 is 1.07 bits per heavy atom. The predicted octanol–water partition coefficient (Wildman–Crippen LogP) is 6.49. The third kappa shape index (κ3) is 3.85. The minimum absolute atomic E-state index is 0.122. The van der Waals surface area contributed by atoms with Gasteiger partial charge in [-0.3, -0.25) is 4.99 Å². The first-order valence-electron chi connectivity index (χ1n) is 7.92. The second kappa shape index (κ2) is 7.57. The second-order valence-electron chi connectivity index (χ2n) is 5.77. The zero-order valence-electron chi connectivity index (χ0n) is 13.7. The first-order valence-corrected chi connectivity index (χ1v) is 10.6. The lowest BCUT2D eigenvalue weighted by Crippen LogP contribution is -1.86. The van der Waals surface area contributed by atoms with E-state index in [0.29, 0.717) is 16.8 Å². The average molecular weight is 551 g/mol. The van der Waals surface area contributed by atoms with E-state index in [1.165, 1.54) is 11.3 Å². The number of fused-ring (bicyclic) bond motifs is 1. The summed E-state index contributed by atoms with van der Waals surface area (Å²) in [4.78, 5) is 8.95. The molecule has 7 heteroatoms. The Bertz CT molecular complexity index is 1160. The van der Waals surface area contributed by atoms with E-state index >= 15 is 0 Å². The molecule has 0 saturated carbocycles. The number of thiazole rings is 1. The molecule has 27 heavy (non-hydrogen) atoms. The van der Waals surface area contributed by atoms with Gasteiger partial charge in [-0.25, -0.2) is 4.98 Å². The summed E-state index contributed by atoms with van der Waals surface area (Å²) in [6, 6.07) is 16.7. The first-order chi connectivity index (χ1) is 13.0. The molecule has 4 aromatic rings. The van der Waals surface area contributed by atoms with Crippen molar-refractivity contribution in [3.8, 4) is 22.1 Å². The number of nitrogens with zero attached hydrogens (tertiary/aromatic N) is 2. The smallest absolute Gasteiger partial charge is 0.137 e. The quantitative estimate of drug-likeness (QED) is 0.226. The predicted molar refractivity (Wildman–Crippen MR) is 122 cm³/mol. The molecule has 2 N–H and O–H groups in total. The van der Waals surface area contributed by atoms with Gasteiger partial charge in [0.05, 0.1) is 25.0 Å². The fourth-order valence-electron chi connectivity index (χ4n) is 2.60. The highest BCUT2D eigenvalue weighted by Gasteiger charge is 2.11. The minimum Gasteiger partial charge on any atom is -0.507 e. The molecule has 0 unspecified atom stereocenters. The zero-order chi connectivity index (χ0) is 19.0. The number of halogens is 2. The molecule has 134 valence electrons. The molecule has 4 nitrogen and oxygen atoms in total. The van der Waals surface area contributed by atoms with Crippen molar-refractivity contribution in [3.63, 3.8) is 0 Å². The fraction of sp³-hybridized carbons (Fsp3) is 0. The normalized spacial score (nSPS) is 11.5. The van der Waals surface area contributed by atoms with Gasteiger partial charge < -0.3 is 10.2 Å². The zero-order valence-corrected chi connectivity index (χ0v) is 18.3. The van der Waals surface area contributed by atoms with E-state index in [4.69, 9.17) is 0 Å². The number of rotatable bonds is 3. The van der Waals surface area contributed by atoms with Gasteiger partial charge in [-0.05, 0) is 59.0 Å². The van der Waals surface area contributed by atoms with Gasteiger partial charge in [0.2, 0.25) is 0 Å². The van der Waals surface area contributed by atoms with Crippen LogP contribution in [0.4, 0.5) is 5.69 Å². The van der Waals surface area contributed by atoms with Crippen LogP contribution < -0.4 is 0 Å². The van der Waals surface area contributed by atoms with Crippen LogP contribution in [0.15, 0.2) is 64.1 Å². The van der Waals surface area contributed by atoms with Gasteiger partial charge in [-0.1, -0.05) is 28.1 Å². The van der Waals surface area contributed by atoms with Gasteiger partial charge >= 0.3 is 0 Å². The Kier molecular flexibility index (Phi) is 5.16. The third-order valence-electron chi connectivity index (χ3n) is 3.92. The molecule has 3 aromatic carbocycles. The van der Waals surface area contributed by atoms with Crippen LogP contribution in [0.5, 0.6) is 11.5 Å². The number of hydrogen-bond donors (Lipinski definition) is 2. The lowest BCUT2D eigenvalue weighted by Gasteiger charge is -2.04. The van der Waals surface area contributed by atoms with E-state index in [-0.39, 0.29) is 11.5 Å². The van der Waals surface area contributed by atoms with Crippen LogP contribution >= 0.6 is 49.9 Å². The third-order valence-corrected chi connectivity index (χ3v) is 6.27. The summed E-state index contributed by atoms with van der Waals surface area (Å²) in [5.41, 5.74) is 2.78. The highest BCUT2D eigenvalue weighted by molar-refractivity contribution is 14.1. The van der Waals surface area contributed by atoms with Crippen molar-refractivity contribution >= 4 is 72.0 Å². The van der Waals surface area contributed by atoms with Gasteiger partial charge in [0.15, 0.2) is 0 Å². The number of aromatic nitrogens is 1. The van der Waals surface area contributed by atoms with Crippen LogP contribution in [-0.4, -0.2) is 21.4 Å². The van der Waals surface area contributed by atoms with Crippen molar-refractivity contribution in [2.75, 3.05) is 0 Å². The summed E-state index contributed by atoms with van der Waals surface area (Å²) < 4.78 is 2.67. The van der Waals surface area contributed by atoms with E-state index < -0.39 is 0 Å².